The first kappa shape index (κ1) is 16.6. The summed E-state index contributed by atoms with van der Waals surface area (Å²) in [6.45, 7) is 1.66. The summed E-state index contributed by atoms with van der Waals surface area (Å²) in [6, 6.07) is 17.7. The van der Waals surface area contributed by atoms with E-state index in [9.17, 15) is 4.79 Å². The van der Waals surface area contributed by atoms with Gasteiger partial charge in [-0.2, -0.15) is 0 Å². The largest absolute Gasteiger partial charge is 0.447 e. The first-order valence-electron chi connectivity index (χ1n) is 7.85. The predicted molar refractivity (Wildman–Crippen MR) is 95.1 cm³/mol. The van der Waals surface area contributed by atoms with Gasteiger partial charge in [0.05, 0.1) is 12.6 Å². The Morgan fingerprint density at radius 2 is 1.92 bits per heavy atom. The maximum absolute atomic E-state index is 11.7. The van der Waals surface area contributed by atoms with Gasteiger partial charge in [-0.1, -0.05) is 41.9 Å². The van der Waals surface area contributed by atoms with E-state index in [1.807, 2.05) is 49.5 Å². The number of ether oxygens (including phenoxy) is 1. The molecule has 1 fully saturated rings. The number of hydrogen-bond acceptors (Lipinski definition) is 4. The van der Waals surface area contributed by atoms with Crippen molar-refractivity contribution in [2.45, 2.75) is 6.04 Å². The molecule has 1 N–H and O–H groups in total. The van der Waals surface area contributed by atoms with Crippen LogP contribution in [0.3, 0.4) is 0 Å². The number of hydrazine groups is 1. The Hall–Kier alpha value is -2.24. The van der Waals surface area contributed by atoms with Gasteiger partial charge in [-0.15, -0.1) is 0 Å². The Bertz CT molecular complexity index is 678. The molecule has 1 saturated heterocycles. The summed E-state index contributed by atoms with van der Waals surface area (Å²) in [5, 5.41) is 2.25. The number of carbonyl (C=O) groups is 1. The Morgan fingerprint density at radius 3 is 2.54 bits per heavy atom. The van der Waals surface area contributed by atoms with Gasteiger partial charge in [0.1, 0.15) is 6.61 Å². The van der Waals surface area contributed by atoms with E-state index in [1.54, 1.807) is 0 Å². The predicted octanol–water partition coefficient (Wildman–Crippen LogP) is 3.47. The van der Waals surface area contributed by atoms with E-state index >= 15 is 0 Å². The van der Waals surface area contributed by atoms with Crippen LogP contribution in [0.5, 0.6) is 0 Å². The molecule has 5 nitrogen and oxygen atoms in total. The van der Waals surface area contributed by atoms with Crippen LogP contribution in [0.4, 0.5) is 10.5 Å². The first-order valence-corrected chi connectivity index (χ1v) is 8.23. The van der Waals surface area contributed by atoms with E-state index < -0.39 is 0 Å². The molecule has 0 radical (unpaired) electrons. The number of rotatable bonds is 6. The highest BCUT2D eigenvalue weighted by atomic mass is 35.5. The number of cyclic esters (lactones) is 1. The third-order valence-corrected chi connectivity index (χ3v) is 4.25. The minimum absolute atomic E-state index is 0.0440. The summed E-state index contributed by atoms with van der Waals surface area (Å²) in [5.41, 5.74) is 5.46. The number of halogens is 1. The van der Waals surface area contributed by atoms with Crippen LogP contribution >= 0.6 is 11.6 Å². The fourth-order valence-electron chi connectivity index (χ4n) is 2.68. The quantitative estimate of drug-likeness (QED) is 0.870. The van der Waals surface area contributed by atoms with Crippen LogP contribution in [-0.2, 0) is 4.74 Å². The lowest BCUT2D eigenvalue weighted by Crippen LogP contribution is -2.44. The summed E-state index contributed by atoms with van der Waals surface area (Å²) >= 11 is 5.96. The fraction of sp³-hybridized carbons (Fsp3) is 0.278. The number of likely N-dealkylation sites (N-methyl/N-ethyl adjacent to an activating group) is 1. The molecular formula is C18H20ClN3O2. The summed E-state index contributed by atoms with van der Waals surface area (Å²) < 4.78 is 5.00. The van der Waals surface area contributed by atoms with Crippen molar-refractivity contribution in [1.29, 1.82) is 0 Å². The van der Waals surface area contributed by atoms with Crippen LogP contribution < -0.4 is 10.3 Å². The second-order valence-electron chi connectivity index (χ2n) is 5.72. The molecule has 0 aliphatic carbocycles. The zero-order valence-corrected chi connectivity index (χ0v) is 14.2. The standard InChI is InChI=1S/C18H20ClN3O2/c1-21(16-9-7-15(19)8-10-16)13-17(14-5-3-2-4-6-14)20-22-11-12-24-18(22)23/h2-10,17,20H,11-13H2,1H3/t17-/m0/s1. The lowest BCUT2D eigenvalue weighted by Gasteiger charge is -2.29. The Balaban J connectivity index is 1.76. The molecule has 2 aromatic carbocycles. The maximum atomic E-state index is 11.7. The van der Waals surface area contributed by atoms with Crippen molar-refractivity contribution in [1.82, 2.24) is 10.4 Å². The minimum atomic E-state index is -0.329. The molecule has 0 unspecified atom stereocenters. The number of amides is 1. The van der Waals surface area contributed by atoms with Gasteiger partial charge in [-0.05, 0) is 29.8 Å². The molecule has 0 saturated carbocycles. The van der Waals surface area contributed by atoms with E-state index in [4.69, 9.17) is 16.3 Å². The second-order valence-corrected chi connectivity index (χ2v) is 6.15. The third kappa shape index (κ3) is 3.99. The van der Waals surface area contributed by atoms with Crippen molar-refractivity contribution >= 4 is 23.4 Å². The topological polar surface area (TPSA) is 44.8 Å². The van der Waals surface area contributed by atoms with E-state index in [0.29, 0.717) is 24.7 Å². The molecule has 3 rings (SSSR count). The average Bonchev–Trinajstić information content (AvgIpc) is 3.00. The van der Waals surface area contributed by atoms with Gasteiger partial charge >= 0.3 is 6.09 Å². The van der Waals surface area contributed by atoms with Gasteiger partial charge in [0, 0.05) is 24.3 Å². The highest BCUT2D eigenvalue weighted by molar-refractivity contribution is 6.30. The zero-order chi connectivity index (χ0) is 16.9. The molecule has 6 heteroatoms. The SMILES string of the molecule is CN(C[C@H](NN1CCOC1=O)c1ccccc1)c1ccc(Cl)cc1. The molecule has 126 valence electrons. The summed E-state index contributed by atoms with van der Waals surface area (Å²) in [4.78, 5) is 13.9. The van der Waals surface area contributed by atoms with Crippen molar-refractivity contribution in [2.75, 3.05) is 31.6 Å². The molecular weight excluding hydrogens is 326 g/mol. The number of benzene rings is 2. The lowest BCUT2D eigenvalue weighted by atomic mass is 10.1. The van der Waals surface area contributed by atoms with E-state index in [2.05, 4.69) is 22.5 Å². The molecule has 1 aliphatic heterocycles. The van der Waals surface area contributed by atoms with Gasteiger partial charge in [-0.25, -0.2) is 15.2 Å². The molecule has 1 aliphatic rings. The highest BCUT2D eigenvalue weighted by Crippen LogP contribution is 2.21. The summed E-state index contributed by atoms with van der Waals surface area (Å²) in [7, 11) is 2.02. The Labute approximate surface area is 146 Å². The van der Waals surface area contributed by atoms with Crippen LogP contribution in [0.2, 0.25) is 5.02 Å². The van der Waals surface area contributed by atoms with Gasteiger partial charge in [0.2, 0.25) is 0 Å². The van der Waals surface area contributed by atoms with Crippen LogP contribution in [0.25, 0.3) is 0 Å². The first-order chi connectivity index (χ1) is 11.6. The molecule has 1 atom stereocenters. The summed E-state index contributed by atoms with van der Waals surface area (Å²) in [6.07, 6.45) is -0.329. The molecule has 1 amide bonds. The highest BCUT2D eigenvalue weighted by Gasteiger charge is 2.26. The number of anilines is 1. The van der Waals surface area contributed by atoms with E-state index in [0.717, 1.165) is 11.3 Å². The van der Waals surface area contributed by atoms with Crippen LogP contribution in [0.1, 0.15) is 11.6 Å². The number of nitrogens with zero attached hydrogens (tertiary/aromatic N) is 2. The minimum Gasteiger partial charge on any atom is -0.447 e. The zero-order valence-electron chi connectivity index (χ0n) is 13.5. The lowest BCUT2D eigenvalue weighted by molar-refractivity contribution is 0.139. The Morgan fingerprint density at radius 1 is 1.21 bits per heavy atom. The van der Waals surface area contributed by atoms with Gasteiger partial charge in [-0.3, -0.25) is 0 Å². The molecule has 1 heterocycles. The van der Waals surface area contributed by atoms with Crippen molar-refractivity contribution in [3.8, 4) is 0 Å². The smallest absolute Gasteiger partial charge is 0.424 e. The monoisotopic (exact) mass is 345 g/mol. The molecule has 0 aromatic heterocycles. The Kier molecular flexibility index (Phi) is 5.23. The van der Waals surface area contributed by atoms with Crippen LogP contribution in [0, 0.1) is 0 Å². The van der Waals surface area contributed by atoms with Crippen molar-refractivity contribution < 1.29 is 9.53 Å². The molecule has 2 aromatic rings. The molecule has 24 heavy (non-hydrogen) atoms. The van der Waals surface area contributed by atoms with Crippen molar-refractivity contribution in [3.05, 3.63) is 65.2 Å². The van der Waals surface area contributed by atoms with E-state index in [-0.39, 0.29) is 12.1 Å². The van der Waals surface area contributed by atoms with Gasteiger partial charge in [0.15, 0.2) is 0 Å². The average molecular weight is 346 g/mol. The van der Waals surface area contributed by atoms with Crippen LogP contribution in [0.15, 0.2) is 54.6 Å². The molecule has 0 bridgehead atoms. The van der Waals surface area contributed by atoms with E-state index in [1.165, 1.54) is 5.01 Å². The second kappa shape index (κ2) is 7.55. The third-order valence-electron chi connectivity index (χ3n) is 4.00. The van der Waals surface area contributed by atoms with Crippen LogP contribution in [-0.4, -0.2) is 37.8 Å². The summed E-state index contributed by atoms with van der Waals surface area (Å²) in [5.74, 6) is 0. The maximum Gasteiger partial charge on any atom is 0.424 e. The van der Waals surface area contributed by atoms with Gasteiger partial charge < -0.3 is 9.64 Å². The number of nitrogens with one attached hydrogen (secondary N) is 1. The number of carbonyl (C=O) groups excluding carboxylic acids is 1. The van der Waals surface area contributed by atoms with Crippen molar-refractivity contribution in [3.63, 3.8) is 0 Å². The number of hydrogen-bond donors (Lipinski definition) is 1. The van der Waals surface area contributed by atoms with Gasteiger partial charge in [0.25, 0.3) is 0 Å². The fourth-order valence-corrected chi connectivity index (χ4v) is 2.81. The molecule has 0 spiro atoms. The van der Waals surface area contributed by atoms with Crippen molar-refractivity contribution in [2.24, 2.45) is 0 Å². The normalized spacial score (nSPS) is 15.2.